The van der Waals surface area contributed by atoms with Crippen molar-refractivity contribution in [1.29, 1.82) is 0 Å². The zero-order chi connectivity index (χ0) is 21.5. The summed E-state index contributed by atoms with van der Waals surface area (Å²) in [4.78, 5) is 28.1. The number of hydrogen-bond acceptors (Lipinski definition) is 7. The molecule has 0 fully saturated rings. The standard InChI is InChI=1S/C23H19N7OS/c31-22(29-16-2-1-7-24-11-16)13-3-5-17-19(9-13)32-23-20(17)21(25-12-26-23)28-15-4-6-18-14(8-15)10-27-30-18/h1-2,4,6-8,10-13H,3,5,9H2,(H,27,30)(H,29,31)(H,25,26,28). The monoisotopic (exact) mass is 441 g/mol. The zero-order valence-electron chi connectivity index (χ0n) is 17.0. The summed E-state index contributed by atoms with van der Waals surface area (Å²) in [6.45, 7) is 0. The molecule has 1 atom stereocenters. The molecule has 1 aliphatic rings. The Kier molecular flexibility index (Phi) is 4.53. The molecule has 0 spiro atoms. The van der Waals surface area contributed by atoms with Gasteiger partial charge in [0.25, 0.3) is 0 Å². The molecule has 5 aromatic rings. The van der Waals surface area contributed by atoms with Gasteiger partial charge in [0, 0.05) is 28.1 Å². The number of hydrogen-bond donors (Lipinski definition) is 3. The first-order valence-corrected chi connectivity index (χ1v) is 11.2. The smallest absolute Gasteiger partial charge is 0.227 e. The third-order valence-corrected chi connectivity index (χ3v) is 7.01. The number of amides is 1. The summed E-state index contributed by atoms with van der Waals surface area (Å²) in [6, 6.07) is 9.72. The number of nitrogens with zero attached hydrogens (tertiary/aromatic N) is 4. The first-order chi connectivity index (χ1) is 15.7. The molecule has 6 rings (SSSR count). The molecule has 32 heavy (non-hydrogen) atoms. The number of H-pyrrole nitrogens is 1. The maximum Gasteiger partial charge on any atom is 0.227 e. The van der Waals surface area contributed by atoms with Crippen LogP contribution in [0.5, 0.6) is 0 Å². The number of aromatic nitrogens is 5. The van der Waals surface area contributed by atoms with E-state index in [1.165, 1.54) is 10.4 Å². The molecule has 4 aromatic heterocycles. The van der Waals surface area contributed by atoms with Crippen molar-refractivity contribution in [3.8, 4) is 0 Å². The molecule has 9 heteroatoms. The maximum atomic E-state index is 12.8. The van der Waals surface area contributed by atoms with Crippen molar-refractivity contribution >= 4 is 55.6 Å². The van der Waals surface area contributed by atoms with E-state index in [4.69, 9.17) is 0 Å². The molecule has 8 nitrogen and oxygen atoms in total. The highest BCUT2D eigenvalue weighted by molar-refractivity contribution is 7.19. The van der Waals surface area contributed by atoms with Crippen molar-refractivity contribution in [2.24, 2.45) is 5.92 Å². The molecular weight excluding hydrogens is 422 g/mol. The van der Waals surface area contributed by atoms with Crippen LogP contribution in [0, 0.1) is 5.92 Å². The predicted molar refractivity (Wildman–Crippen MR) is 125 cm³/mol. The number of rotatable bonds is 4. The molecule has 0 bridgehead atoms. The van der Waals surface area contributed by atoms with Crippen molar-refractivity contribution in [3.05, 3.63) is 65.7 Å². The molecule has 158 valence electrons. The molecule has 4 heterocycles. The summed E-state index contributed by atoms with van der Waals surface area (Å²) in [5.41, 5.74) is 3.92. The summed E-state index contributed by atoms with van der Waals surface area (Å²) < 4.78 is 0. The predicted octanol–water partition coefficient (Wildman–Crippen LogP) is 4.45. The Balaban J connectivity index is 1.28. The zero-order valence-corrected chi connectivity index (χ0v) is 17.8. The topological polar surface area (TPSA) is 108 Å². The summed E-state index contributed by atoms with van der Waals surface area (Å²) in [6.07, 6.45) is 9.08. The van der Waals surface area contributed by atoms with Gasteiger partial charge in [-0.25, -0.2) is 9.97 Å². The second-order valence-electron chi connectivity index (χ2n) is 7.87. The number of fused-ring (bicyclic) bond motifs is 4. The summed E-state index contributed by atoms with van der Waals surface area (Å²) in [7, 11) is 0. The van der Waals surface area contributed by atoms with Gasteiger partial charge < -0.3 is 10.6 Å². The number of aromatic amines is 1. The largest absolute Gasteiger partial charge is 0.340 e. The third-order valence-electron chi connectivity index (χ3n) is 5.85. The highest BCUT2D eigenvalue weighted by atomic mass is 32.1. The van der Waals surface area contributed by atoms with Crippen LogP contribution in [0.2, 0.25) is 0 Å². The first-order valence-electron chi connectivity index (χ1n) is 10.4. The fourth-order valence-corrected chi connectivity index (χ4v) is 5.53. The number of thiophene rings is 1. The Labute approximate surface area is 187 Å². The lowest BCUT2D eigenvalue weighted by Gasteiger charge is -2.21. The van der Waals surface area contributed by atoms with E-state index in [0.717, 1.165) is 51.2 Å². The lowest BCUT2D eigenvalue weighted by atomic mass is 9.87. The van der Waals surface area contributed by atoms with E-state index in [1.54, 1.807) is 36.3 Å². The van der Waals surface area contributed by atoms with Crippen LogP contribution in [0.3, 0.4) is 0 Å². The Morgan fingerprint density at radius 1 is 1.16 bits per heavy atom. The number of benzene rings is 1. The fraction of sp³-hybridized carbons (Fsp3) is 0.174. The average molecular weight is 442 g/mol. The number of aryl methyl sites for hydroxylation is 1. The molecular formula is C23H19N7OS. The molecule has 1 aliphatic carbocycles. The van der Waals surface area contributed by atoms with Crippen molar-refractivity contribution in [3.63, 3.8) is 0 Å². The van der Waals surface area contributed by atoms with Crippen LogP contribution in [0.1, 0.15) is 16.9 Å². The molecule has 3 N–H and O–H groups in total. The molecule has 0 radical (unpaired) electrons. The van der Waals surface area contributed by atoms with Gasteiger partial charge in [-0.3, -0.25) is 14.9 Å². The van der Waals surface area contributed by atoms with E-state index < -0.39 is 0 Å². The van der Waals surface area contributed by atoms with Crippen LogP contribution in [-0.4, -0.2) is 31.1 Å². The van der Waals surface area contributed by atoms with Gasteiger partial charge >= 0.3 is 0 Å². The minimum atomic E-state index is -0.0661. The van der Waals surface area contributed by atoms with Crippen molar-refractivity contribution in [2.45, 2.75) is 19.3 Å². The molecule has 0 saturated heterocycles. The van der Waals surface area contributed by atoms with E-state index in [0.29, 0.717) is 6.42 Å². The van der Waals surface area contributed by atoms with Gasteiger partial charge in [-0.1, -0.05) is 0 Å². The minimum Gasteiger partial charge on any atom is -0.340 e. The van der Waals surface area contributed by atoms with Crippen LogP contribution in [0.25, 0.3) is 21.1 Å². The number of pyridine rings is 1. The van der Waals surface area contributed by atoms with Gasteiger partial charge in [0.1, 0.15) is 17.0 Å². The van der Waals surface area contributed by atoms with Gasteiger partial charge in [0.15, 0.2) is 0 Å². The Morgan fingerprint density at radius 2 is 2.12 bits per heavy atom. The van der Waals surface area contributed by atoms with Crippen LogP contribution in [0.4, 0.5) is 17.2 Å². The first kappa shape index (κ1) is 18.9. The SMILES string of the molecule is O=C(Nc1cccnc1)C1CCc2c(sc3ncnc(Nc4ccc5[nH]ncc5c4)c23)C1. The van der Waals surface area contributed by atoms with E-state index in [1.807, 2.05) is 30.3 Å². The van der Waals surface area contributed by atoms with Gasteiger partial charge in [0.2, 0.25) is 5.91 Å². The number of nitrogens with one attached hydrogen (secondary N) is 3. The van der Waals surface area contributed by atoms with Gasteiger partial charge in [-0.05, 0) is 55.2 Å². The lowest BCUT2D eigenvalue weighted by Crippen LogP contribution is -2.27. The highest BCUT2D eigenvalue weighted by Crippen LogP contribution is 2.40. The number of anilines is 3. The minimum absolute atomic E-state index is 0.0407. The highest BCUT2D eigenvalue weighted by Gasteiger charge is 2.29. The molecule has 1 unspecified atom stereocenters. The number of carbonyl (C=O) groups excluding carboxylic acids is 1. The summed E-state index contributed by atoms with van der Waals surface area (Å²) in [5, 5.41) is 15.6. The van der Waals surface area contributed by atoms with Gasteiger partial charge in [-0.2, -0.15) is 5.10 Å². The normalized spacial score (nSPS) is 15.6. The lowest BCUT2D eigenvalue weighted by molar-refractivity contribution is -0.120. The third kappa shape index (κ3) is 3.36. The molecule has 1 amide bonds. The van der Waals surface area contributed by atoms with Gasteiger partial charge in [-0.15, -0.1) is 11.3 Å². The van der Waals surface area contributed by atoms with E-state index in [2.05, 4.69) is 35.8 Å². The quantitative estimate of drug-likeness (QED) is 0.380. The van der Waals surface area contributed by atoms with Crippen LogP contribution in [-0.2, 0) is 17.6 Å². The molecule has 1 aromatic carbocycles. The second kappa shape index (κ2) is 7.69. The van der Waals surface area contributed by atoms with E-state index in [-0.39, 0.29) is 11.8 Å². The van der Waals surface area contributed by atoms with E-state index in [9.17, 15) is 4.79 Å². The molecule has 0 saturated carbocycles. The Hall–Kier alpha value is -3.85. The Bertz CT molecular complexity index is 1440. The summed E-state index contributed by atoms with van der Waals surface area (Å²) >= 11 is 1.66. The van der Waals surface area contributed by atoms with Crippen LogP contribution < -0.4 is 10.6 Å². The van der Waals surface area contributed by atoms with E-state index >= 15 is 0 Å². The van der Waals surface area contributed by atoms with Crippen molar-refractivity contribution in [1.82, 2.24) is 25.1 Å². The average Bonchev–Trinajstić information content (AvgIpc) is 3.43. The van der Waals surface area contributed by atoms with Crippen LogP contribution >= 0.6 is 11.3 Å². The second-order valence-corrected chi connectivity index (χ2v) is 8.96. The number of carbonyl (C=O) groups is 1. The fourth-order valence-electron chi connectivity index (χ4n) is 4.27. The van der Waals surface area contributed by atoms with Gasteiger partial charge in [0.05, 0.1) is 29.0 Å². The summed E-state index contributed by atoms with van der Waals surface area (Å²) in [5.74, 6) is 0.774. The van der Waals surface area contributed by atoms with Crippen LogP contribution in [0.15, 0.2) is 55.2 Å². The maximum absolute atomic E-state index is 12.8. The Morgan fingerprint density at radius 3 is 3.03 bits per heavy atom. The molecule has 0 aliphatic heterocycles. The van der Waals surface area contributed by atoms with Crippen molar-refractivity contribution in [2.75, 3.05) is 10.6 Å². The van der Waals surface area contributed by atoms with Crippen molar-refractivity contribution < 1.29 is 4.79 Å².